The maximum absolute atomic E-state index is 5.76. The van der Waals surface area contributed by atoms with Crippen LogP contribution in [0.25, 0.3) is 0 Å². The predicted octanol–water partition coefficient (Wildman–Crippen LogP) is 2.82. The maximum atomic E-state index is 5.76. The Balaban J connectivity index is 2.15. The first kappa shape index (κ1) is 12.1. The second-order valence-corrected chi connectivity index (χ2v) is 4.27. The Morgan fingerprint density at radius 2 is 2.47 bits per heavy atom. The van der Waals surface area contributed by atoms with Crippen LogP contribution in [-0.4, -0.2) is 18.1 Å². The van der Waals surface area contributed by atoms with Crippen molar-refractivity contribution in [2.45, 2.75) is 32.2 Å². The highest BCUT2D eigenvalue weighted by Gasteiger charge is 2.19. The molecule has 1 unspecified atom stereocenters. The fourth-order valence-electron chi connectivity index (χ4n) is 2.00. The molecular formula is C14H20N2O. The molecule has 17 heavy (non-hydrogen) atoms. The highest BCUT2D eigenvalue weighted by Crippen LogP contribution is 2.25. The summed E-state index contributed by atoms with van der Waals surface area (Å²) in [7, 11) is 0. The lowest BCUT2D eigenvalue weighted by Gasteiger charge is -2.24. The van der Waals surface area contributed by atoms with Gasteiger partial charge in [0.25, 0.3) is 0 Å². The van der Waals surface area contributed by atoms with E-state index in [-0.39, 0.29) is 6.04 Å². The number of aromatic nitrogens is 1. The van der Waals surface area contributed by atoms with Gasteiger partial charge in [0.15, 0.2) is 0 Å². The van der Waals surface area contributed by atoms with E-state index in [0.29, 0.717) is 0 Å². The van der Waals surface area contributed by atoms with E-state index in [0.717, 1.165) is 38.2 Å². The Bertz CT molecular complexity index is 362. The average molecular weight is 232 g/mol. The maximum Gasteiger partial charge on any atom is 0.113 e. The zero-order chi connectivity index (χ0) is 11.9. The van der Waals surface area contributed by atoms with Crippen molar-refractivity contribution in [2.24, 2.45) is 0 Å². The minimum absolute atomic E-state index is 0.156. The zero-order valence-corrected chi connectivity index (χ0v) is 10.4. The molecule has 3 heteroatoms. The summed E-state index contributed by atoms with van der Waals surface area (Å²) in [4.78, 5) is 4.19. The van der Waals surface area contributed by atoms with Crippen LogP contribution >= 0.6 is 0 Å². The number of hydrogen-bond acceptors (Lipinski definition) is 3. The second-order valence-electron chi connectivity index (χ2n) is 4.27. The molecule has 2 heterocycles. The molecule has 0 amide bonds. The van der Waals surface area contributed by atoms with Gasteiger partial charge in [-0.2, -0.15) is 0 Å². The van der Waals surface area contributed by atoms with Crippen molar-refractivity contribution < 1.29 is 4.74 Å². The topological polar surface area (TPSA) is 34.1 Å². The van der Waals surface area contributed by atoms with Gasteiger partial charge >= 0.3 is 0 Å². The standard InChI is InChI=1S/C14H20N2O/c1-2-8-16-14(12-6-5-9-15-11-12)13-7-3-4-10-17-13/h5-7,9,11,14,16H,2-4,8,10H2,1H3. The normalized spacial score (nSPS) is 17.1. The van der Waals surface area contributed by atoms with Crippen molar-refractivity contribution in [3.63, 3.8) is 0 Å². The van der Waals surface area contributed by atoms with Crippen molar-refractivity contribution in [1.29, 1.82) is 0 Å². The minimum Gasteiger partial charge on any atom is -0.496 e. The molecule has 0 saturated carbocycles. The molecule has 0 bridgehead atoms. The second kappa shape index (κ2) is 6.40. The third-order valence-electron chi connectivity index (χ3n) is 2.86. The van der Waals surface area contributed by atoms with E-state index in [4.69, 9.17) is 4.74 Å². The fraction of sp³-hybridized carbons (Fsp3) is 0.500. The molecule has 1 atom stereocenters. The van der Waals surface area contributed by atoms with Gasteiger partial charge in [-0.05, 0) is 43.5 Å². The van der Waals surface area contributed by atoms with Gasteiger partial charge in [0.2, 0.25) is 0 Å². The lowest BCUT2D eigenvalue weighted by atomic mass is 10.0. The van der Waals surface area contributed by atoms with E-state index in [2.05, 4.69) is 29.4 Å². The van der Waals surface area contributed by atoms with Gasteiger partial charge in [-0.3, -0.25) is 4.98 Å². The van der Waals surface area contributed by atoms with Crippen LogP contribution in [0.15, 0.2) is 36.4 Å². The van der Waals surface area contributed by atoms with E-state index in [9.17, 15) is 0 Å². The number of pyridine rings is 1. The van der Waals surface area contributed by atoms with Crippen LogP contribution in [0.2, 0.25) is 0 Å². The molecule has 92 valence electrons. The summed E-state index contributed by atoms with van der Waals surface area (Å²) in [6, 6.07) is 4.22. The molecule has 0 radical (unpaired) electrons. The van der Waals surface area contributed by atoms with Gasteiger partial charge in [-0.15, -0.1) is 0 Å². The van der Waals surface area contributed by atoms with E-state index in [1.165, 1.54) is 5.56 Å². The number of allylic oxidation sites excluding steroid dienone is 1. The Morgan fingerprint density at radius 3 is 3.12 bits per heavy atom. The molecule has 0 saturated heterocycles. The summed E-state index contributed by atoms with van der Waals surface area (Å²) >= 11 is 0. The Kier molecular flexibility index (Phi) is 4.56. The molecule has 2 rings (SSSR count). The van der Waals surface area contributed by atoms with E-state index >= 15 is 0 Å². The van der Waals surface area contributed by atoms with Gasteiger partial charge < -0.3 is 10.1 Å². The minimum atomic E-state index is 0.156. The summed E-state index contributed by atoms with van der Waals surface area (Å²) in [5, 5.41) is 3.52. The van der Waals surface area contributed by atoms with Crippen LogP contribution in [0, 0.1) is 0 Å². The predicted molar refractivity (Wildman–Crippen MR) is 68.5 cm³/mol. The summed E-state index contributed by atoms with van der Waals surface area (Å²) in [5.41, 5.74) is 1.18. The molecule has 1 aromatic heterocycles. The molecule has 0 fully saturated rings. The monoisotopic (exact) mass is 232 g/mol. The average Bonchev–Trinajstić information content (AvgIpc) is 2.42. The quantitative estimate of drug-likeness (QED) is 0.847. The van der Waals surface area contributed by atoms with Gasteiger partial charge in [0, 0.05) is 12.4 Å². The molecule has 0 aromatic carbocycles. The first-order valence-electron chi connectivity index (χ1n) is 6.38. The van der Waals surface area contributed by atoms with Crippen LogP contribution in [-0.2, 0) is 4.74 Å². The lowest BCUT2D eigenvalue weighted by molar-refractivity contribution is 0.167. The van der Waals surface area contributed by atoms with Gasteiger partial charge in [0.1, 0.15) is 5.76 Å². The van der Waals surface area contributed by atoms with Crippen molar-refractivity contribution >= 4 is 0 Å². The molecule has 1 aliphatic heterocycles. The first-order chi connectivity index (χ1) is 8.42. The molecule has 3 nitrogen and oxygen atoms in total. The fourth-order valence-corrected chi connectivity index (χ4v) is 2.00. The molecule has 1 aliphatic rings. The van der Waals surface area contributed by atoms with Crippen LogP contribution < -0.4 is 5.32 Å². The summed E-state index contributed by atoms with van der Waals surface area (Å²) in [6.07, 6.45) is 9.26. The van der Waals surface area contributed by atoms with Gasteiger partial charge in [-0.25, -0.2) is 0 Å². The van der Waals surface area contributed by atoms with Crippen molar-refractivity contribution in [2.75, 3.05) is 13.2 Å². The number of nitrogens with one attached hydrogen (secondary N) is 1. The SMILES string of the molecule is CCCNC(C1=CCCCO1)c1cccnc1. The highest BCUT2D eigenvalue weighted by molar-refractivity contribution is 5.23. The first-order valence-corrected chi connectivity index (χ1v) is 6.38. The van der Waals surface area contributed by atoms with E-state index in [1.54, 1.807) is 6.20 Å². The lowest BCUT2D eigenvalue weighted by Crippen LogP contribution is -2.26. The number of ether oxygens (including phenoxy) is 1. The third kappa shape index (κ3) is 3.30. The molecule has 0 spiro atoms. The van der Waals surface area contributed by atoms with E-state index < -0.39 is 0 Å². The van der Waals surface area contributed by atoms with Crippen LogP contribution in [0.1, 0.15) is 37.8 Å². The number of nitrogens with zero attached hydrogens (tertiary/aromatic N) is 1. The van der Waals surface area contributed by atoms with Crippen molar-refractivity contribution in [3.8, 4) is 0 Å². The van der Waals surface area contributed by atoms with Crippen LogP contribution in [0.5, 0.6) is 0 Å². The Morgan fingerprint density at radius 1 is 1.53 bits per heavy atom. The smallest absolute Gasteiger partial charge is 0.113 e. The van der Waals surface area contributed by atoms with Crippen molar-refractivity contribution in [3.05, 3.63) is 41.9 Å². The molecular weight excluding hydrogens is 212 g/mol. The van der Waals surface area contributed by atoms with Gasteiger partial charge in [-0.1, -0.05) is 13.0 Å². The van der Waals surface area contributed by atoms with Crippen LogP contribution in [0.3, 0.4) is 0 Å². The van der Waals surface area contributed by atoms with Crippen molar-refractivity contribution in [1.82, 2.24) is 10.3 Å². The highest BCUT2D eigenvalue weighted by atomic mass is 16.5. The molecule has 0 aliphatic carbocycles. The number of rotatable bonds is 5. The zero-order valence-electron chi connectivity index (χ0n) is 10.4. The molecule has 1 N–H and O–H groups in total. The summed E-state index contributed by atoms with van der Waals surface area (Å²) in [5.74, 6) is 1.05. The Hall–Kier alpha value is -1.35. The van der Waals surface area contributed by atoms with E-state index in [1.807, 2.05) is 12.3 Å². The van der Waals surface area contributed by atoms with Gasteiger partial charge in [0.05, 0.1) is 12.6 Å². The molecule has 1 aromatic rings. The summed E-state index contributed by atoms with van der Waals surface area (Å²) in [6.45, 7) is 3.99. The Labute approximate surface area is 103 Å². The summed E-state index contributed by atoms with van der Waals surface area (Å²) < 4.78 is 5.76. The third-order valence-corrected chi connectivity index (χ3v) is 2.86. The largest absolute Gasteiger partial charge is 0.496 e. The number of hydrogen-bond donors (Lipinski definition) is 1. The van der Waals surface area contributed by atoms with Crippen LogP contribution in [0.4, 0.5) is 0 Å².